The number of benzene rings is 1. The molecule has 20 heavy (non-hydrogen) atoms. The largest absolute Gasteiger partial charge is 0.494 e. The fourth-order valence-corrected chi connectivity index (χ4v) is 1.89. The van der Waals surface area contributed by atoms with Crippen LogP contribution in [0, 0.1) is 0 Å². The van der Waals surface area contributed by atoms with Crippen LogP contribution in [0.4, 0.5) is 0 Å². The molecular weight excluding hydrogens is 272 g/mol. The SMILES string of the molecule is CCCOc1cccc(C(=O)NC(=S)NC(C)(C)C)c1. The molecule has 0 radical (unpaired) electrons. The Bertz CT molecular complexity index is 481. The number of thiocarbonyl (C=S) groups is 1. The summed E-state index contributed by atoms with van der Waals surface area (Å²) in [6, 6.07) is 7.07. The third kappa shape index (κ3) is 6.02. The number of rotatable bonds is 4. The highest BCUT2D eigenvalue weighted by atomic mass is 32.1. The van der Waals surface area contributed by atoms with Gasteiger partial charge in [-0.05, 0) is 57.6 Å². The Morgan fingerprint density at radius 2 is 2.05 bits per heavy atom. The van der Waals surface area contributed by atoms with Crippen molar-refractivity contribution >= 4 is 23.2 Å². The summed E-state index contributed by atoms with van der Waals surface area (Å²) in [6.45, 7) is 8.60. The van der Waals surface area contributed by atoms with Crippen molar-refractivity contribution in [3.63, 3.8) is 0 Å². The van der Waals surface area contributed by atoms with Gasteiger partial charge in [-0.2, -0.15) is 0 Å². The molecule has 2 N–H and O–H groups in total. The van der Waals surface area contributed by atoms with Crippen LogP contribution in [0.1, 0.15) is 44.5 Å². The molecule has 0 aromatic heterocycles. The molecule has 5 heteroatoms. The van der Waals surface area contributed by atoms with E-state index >= 15 is 0 Å². The Kier molecular flexibility index (Phi) is 5.95. The van der Waals surface area contributed by atoms with Crippen LogP contribution in [-0.4, -0.2) is 23.2 Å². The van der Waals surface area contributed by atoms with Crippen molar-refractivity contribution in [2.75, 3.05) is 6.61 Å². The molecule has 0 heterocycles. The Labute approximate surface area is 125 Å². The lowest BCUT2D eigenvalue weighted by molar-refractivity contribution is 0.0976. The van der Waals surface area contributed by atoms with Gasteiger partial charge in [-0.15, -0.1) is 0 Å². The van der Waals surface area contributed by atoms with Crippen molar-refractivity contribution in [3.05, 3.63) is 29.8 Å². The molecular formula is C15H22N2O2S. The molecule has 0 spiro atoms. The number of ether oxygens (including phenoxy) is 1. The molecule has 0 bridgehead atoms. The van der Waals surface area contributed by atoms with Crippen LogP contribution in [0.2, 0.25) is 0 Å². The lowest BCUT2D eigenvalue weighted by Crippen LogP contribution is -2.48. The van der Waals surface area contributed by atoms with Crippen LogP contribution in [0.15, 0.2) is 24.3 Å². The average molecular weight is 294 g/mol. The van der Waals surface area contributed by atoms with Gasteiger partial charge >= 0.3 is 0 Å². The molecule has 0 aliphatic heterocycles. The highest BCUT2D eigenvalue weighted by Gasteiger charge is 2.14. The van der Waals surface area contributed by atoms with E-state index in [0.29, 0.717) is 23.0 Å². The molecule has 0 saturated carbocycles. The van der Waals surface area contributed by atoms with E-state index < -0.39 is 0 Å². The average Bonchev–Trinajstić information content (AvgIpc) is 2.34. The first-order valence-corrected chi connectivity index (χ1v) is 7.09. The van der Waals surface area contributed by atoms with Crippen LogP contribution in [-0.2, 0) is 0 Å². The fraction of sp³-hybridized carbons (Fsp3) is 0.467. The summed E-state index contributed by atoms with van der Waals surface area (Å²) < 4.78 is 5.50. The predicted molar refractivity (Wildman–Crippen MR) is 85.2 cm³/mol. The van der Waals surface area contributed by atoms with E-state index in [1.165, 1.54) is 0 Å². The third-order valence-electron chi connectivity index (χ3n) is 2.28. The van der Waals surface area contributed by atoms with Crippen molar-refractivity contribution < 1.29 is 9.53 Å². The fourth-order valence-electron chi connectivity index (χ4n) is 1.49. The zero-order chi connectivity index (χ0) is 15.2. The first kappa shape index (κ1) is 16.4. The smallest absolute Gasteiger partial charge is 0.257 e. The molecule has 110 valence electrons. The molecule has 0 saturated heterocycles. The van der Waals surface area contributed by atoms with Gasteiger partial charge in [0.2, 0.25) is 0 Å². The Hall–Kier alpha value is -1.62. The molecule has 0 aliphatic carbocycles. The second kappa shape index (κ2) is 7.24. The summed E-state index contributed by atoms with van der Waals surface area (Å²) in [5.41, 5.74) is 0.341. The van der Waals surface area contributed by atoms with Crippen molar-refractivity contribution in [2.24, 2.45) is 0 Å². The summed E-state index contributed by atoms with van der Waals surface area (Å²) >= 11 is 5.11. The van der Waals surface area contributed by atoms with Gasteiger partial charge in [0, 0.05) is 11.1 Å². The van der Waals surface area contributed by atoms with Crippen molar-refractivity contribution in [3.8, 4) is 5.75 Å². The van der Waals surface area contributed by atoms with E-state index in [4.69, 9.17) is 17.0 Å². The van der Waals surface area contributed by atoms with E-state index in [-0.39, 0.29) is 11.4 Å². The quantitative estimate of drug-likeness (QED) is 0.838. The normalized spacial score (nSPS) is 10.8. The van der Waals surface area contributed by atoms with E-state index in [2.05, 4.69) is 10.6 Å². The van der Waals surface area contributed by atoms with E-state index in [9.17, 15) is 4.79 Å². The summed E-state index contributed by atoms with van der Waals surface area (Å²) in [6.07, 6.45) is 0.927. The second-order valence-corrected chi connectivity index (χ2v) is 5.94. The molecule has 0 fully saturated rings. The molecule has 1 aromatic rings. The number of nitrogens with one attached hydrogen (secondary N) is 2. The number of hydrogen-bond donors (Lipinski definition) is 2. The first-order valence-electron chi connectivity index (χ1n) is 6.68. The van der Waals surface area contributed by atoms with Crippen LogP contribution in [0.5, 0.6) is 5.75 Å². The van der Waals surface area contributed by atoms with Crippen LogP contribution in [0.25, 0.3) is 0 Å². The molecule has 1 rings (SSSR count). The maximum atomic E-state index is 12.1. The van der Waals surface area contributed by atoms with Crippen molar-refractivity contribution in [1.82, 2.24) is 10.6 Å². The lowest BCUT2D eigenvalue weighted by atomic mass is 10.1. The summed E-state index contributed by atoms with van der Waals surface area (Å²) in [4.78, 5) is 12.1. The molecule has 0 aliphatic rings. The zero-order valence-electron chi connectivity index (χ0n) is 12.4. The monoisotopic (exact) mass is 294 g/mol. The molecule has 0 unspecified atom stereocenters. The van der Waals surface area contributed by atoms with Gasteiger partial charge < -0.3 is 10.1 Å². The van der Waals surface area contributed by atoms with Gasteiger partial charge in [-0.3, -0.25) is 10.1 Å². The lowest BCUT2D eigenvalue weighted by Gasteiger charge is -2.22. The highest BCUT2D eigenvalue weighted by molar-refractivity contribution is 7.80. The van der Waals surface area contributed by atoms with Crippen LogP contribution >= 0.6 is 12.2 Å². The minimum Gasteiger partial charge on any atom is -0.494 e. The van der Waals surface area contributed by atoms with E-state index in [1.54, 1.807) is 18.2 Å². The van der Waals surface area contributed by atoms with E-state index in [1.807, 2.05) is 33.8 Å². The third-order valence-corrected chi connectivity index (χ3v) is 2.49. The summed E-state index contributed by atoms with van der Waals surface area (Å²) in [5, 5.41) is 6.02. The number of carbonyl (C=O) groups excluding carboxylic acids is 1. The van der Waals surface area contributed by atoms with Gasteiger partial charge in [0.05, 0.1) is 6.61 Å². The Morgan fingerprint density at radius 1 is 1.35 bits per heavy atom. The number of amides is 1. The van der Waals surface area contributed by atoms with Crippen molar-refractivity contribution in [2.45, 2.75) is 39.7 Å². The van der Waals surface area contributed by atoms with Gasteiger partial charge in [0.25, 0.3) is 5.91 Å². The van der Waals surface area contributed by atoms with Gasteiger partial charge in [0.1, 0.15) is 5.75 Å². The topological polar surface area (TPSA) is 50.4 Å². The minimum absolute atomic E-state index is 0.184. The van der Waals surface area contributed by atoms with Crippen molar-refractivity contribution in [1.29, 1.82) is 0 Å². The maximum absolute atomic E-state index is 12.1. The first-order chi connectivity index (χ1) is 9.31. The number of hydrogen-bond acceptors (Lipinski definition) is 3. The van der Waals surface area contributed by atoms with Crippen LogP contribution < -0.4 is 15.4 Å². The highest BCUT2D eigenvalue weighted by Crippen LogP contribution is 2.13. The summed E-state index contributed by atoms with van der Waals surface area (Å²) in [7, 11) is 0. The molecule has 0 atom stereocenters. The molecule has 1 amide bonds. The standard InChI is InChI=1S/C15H22N2O2S/c1-5-9-19-12-8-6-7-11(10-12)13(18)16-14(20)17-15(2,3)4/h6-8,10H,5,9H2,1-4H3,(H2,16,17,18,20). The molecule has 4 nitrogen and oxygen atoms in total. The van der Waals surface area contributed by atoms with Gasteiger partial charge in [0.15, 0.2) is 5.11 Å². The minimum atomic E-state index is -0.242. The Balaban J connectivity index is 2.65. The predicted octanol–water partition coefficient (Wildman–Crippen LogP) is 2.88. The summed E-state index contributed by atoms with van der Waals surface area (Å²) in [5.74, 6) is 0.447. The van der Waals surface area contributed by atoms with Gasteiger partial charge in [-0.1, -0.05) is 13.0 Å². The second-order valence-electron chi connectivity index (χ2n) is 5.53. The Morgan fingerprint density at radius 3 is 2.65 bits per heavy atom. The van der Waals surface area contributed by atoms with E-state index in [0.717, 1.165) is 6.42 Å². The zero-order valence-corrected chi connectivity index (χ0v) is 13.3. The maximum Gasteiger partial charge on any atom is 0.257 e. The molecule has 1 aromatic carbocycles. The number of carbonyl (C=O) groups is 1. The van der Waals surface area contributed by atoms with Crippen LogP contribution in [0.3, 0.4) is 0 Å². The van der Waals surface area contributed by atoms with Gasteiger partial charge in [-0.25, -0.2) is 0 Å².